The fourth-order valence-electron chi connectivity index (χ4n) is 2.56. The predicted octanol–water partition coefficient (Wildman–Crippen LogP) is 2.74. The number of rotatable bonds is 10. The van der Waals surface area contributed by atoms with Gasteiger partial charge in [-0.15, -0.1) is 5.10 Å². The van der Waals surface area contributed by atoms with E-state index in [1.807, 2.05) is 30.3 Å². The molecule has 3 rings (SSSR count). The lowest BCUT2D eigenvalue weighted by molar-refractivity contribution is -0.144. The lowest BCUT2D eigenvalue weighted by Crippen LogP contribution is -2.30. The van der Waals surface area contributed by atoms with Gasteiger partial charge < -0.3 is 14.8 Å². The SMILES string of the molecule is CCCCn1nnnc1COC(=O)CNC(=O)c1ccc(Oc2ccccc2)cc1. The maximum Gasteiger partial charge on any atom is 0.325 e. The van der Waals surface area contributed by atoms with Crippen LogP contribution in [0.3, 0.4) is 0 Å². The molecule has 0 unspecified atom stereocenters. The van der Waals surface area contributed by atoms with E-state index in [1.54, 1.807) is 28.9 Å². The number of ether oxygens (including phenoxy) is 2. The Hall–Kier alpha value is -3.75. The van der Waals surface area contributed by atoms with Crippen LogP contribution in [0.25, 0.3) is 0 Å². The van der Waals surface area contributed by atoms with Crippen molar-refractivity contribution in [2.24, 2.45) is 0 Å². The summed E-state index contributed by atoms with van der Waals surface area (Å²) >= 11 is 0. The summed E-state index contributed by atoms with van der Waals surface area (Å²) in [7, 11) is 0. The number of para-hydroxylation sites is 1. The highest BCUT2D eigenvalue weighted by molar-refractivity contribution is 5.96. The molecule has 0 atom stereocenters. The molecule has 156 valence electrons. The molecule has 0 aliphatic rings. The van der Waals surface area contributed by atoms with Crippen LogP contribution in [0, 0.1) is 0 Å². The van der Waals surface area contributed by atoms with Crippen molar-refractivity contribution in [2.45, 2.75) is 32.9 Å². The molecule has 1 aromatic heterocycles. The summed E-state index contributed by atoms with van der Waals surface area (Å²) in [6.07, 6.45) is 1.93. The number of benzene rings is 2. The molecule has 0 aliphatic carbocycles. The Morgan fingerprint density at radius 2 is 1.77 bits per heavy atom. The summed E-state index contributed by atoms with van der Waals surface area (Å²) < 4.78 is 12.4. The van der Waals surface area contributed by atoms with Crippen molar-refractivity contribution in [3.8, 4) is 11.5 Å². The standard InChI is InChI=1S/C21H23N5O4/c1-2-3-13-26-19(23-24-25-26)15-29-20(27)14-22-21(28)16-9-11-18(12-10-16)30-17-7-5-4-6-8-17/h4-12H,2-3,13-15H2,1H3,(H,22,28). The first-order valence-corrected chi connectivity index (χ1v) is 9.67. The second-order valence-corrected chi connectivity index (χ2v) is 6.45. The first-order chi connectivity index (χ1) is 14.7. The number of carbonyl (C=O) groups excluding carboxylic acids is 2. The van der Waals surface area contributed by atoms with E-state index in [4.69, 9.17) is 9.47 Å². The molecule has 0 saturated carbocycles. The Labute approximate surface area is 174 Å². The van der Waals surface area contributed by atoms with E-state index >= 15 is 0 Å². The van der Waals surface area contributed by atoms with Crippen molar-refractivity contribution < 1.29 is 19.1 Å². The predicted molar refractivity (Wildman–Crippen MR) is 108 cm³/mol. The van der Waals surface area contributed by atoms with E-state index in [9.17, 15) is 9.59 Å². The van der Waals surface area contributed by atoms with Crippen LogP contribution in [0.4, 0.5) is 0 Å². The Bertz CT molecular complexity index is 957. The molecule has 9 heteroatoms. The number of aryl methyl sites for hydroxylation is 1. The third kappa shape index (κ3) is 6.13. The minimum atomic E-state index is -0.572. The Morgan fingerprint density at radius 1 is 1.03 bits per heavy atom. The van der Waals surface area contributed by atoms with Crippen LogP contribution in [0.1, 0.15) is 35.9 Å². The van der Waals surface area contributed by atoms with Crippen molar-refractivity contribution >= 4 is 11.9 Å². The highest BCUT2D eigenvalue weighted by Crippen LogP contribution is 2.21. The molecule has 1 amide bonds. The zero-order chi connectivity index (χ0) is 21.2. The number of hydrogen-bond donors (Lipinski definition) is 1. The van der Waals surface area contributed by atoms with Crippen LogP contribution in [0.2, 0.25) is 0 Å². The number of carbonyl (C=O) groups is 2. The zero-order valence-electron chi connectivity index (χ0n) is 16.7. The third-order valence-electron chi connectivity index (χ3n) is 4.18. The summed E-state index contributed by atoms with van der Waals surface area (Å²) in [6, 6.07) is 16.0. The molecule has 30 heavy (non-hydrogen) atoms. The van der Waals surface area contributed by atoms with Crippen molar-refractivity contribution in [1.29, 1.82) is 0 Å². The maximum absolute atomic E-state index is 12.2. The number of nitrogens with one attached hydrogen (secondary N) is 1. The molecule has 0 bridgehead atoms. The number of hydrogen-bond acceptors (Lipinski definition) is 7. The van der Waals surface area contributed by atoms with Crippen LogP contribution in [0.5, 0.6) is 11.5 Å². The van der Waals surface area contributed by atoms with Gasteiger partial charge in [-0.05, 0) is 53.2 Å². The molecular formula is C21H23N5O4. The van der Waals surface area contributed by atoms with E-state index in [2.05, 4.69) is 27.8 Å². The minimum absolute atomic E-state index is 0.0447. The number of amides is 1. The topological polar surface area (TPSA) is 108 Å². The number of esters is 1. The third-order valence-corrected chi connectivity index (χ3v) is 4.18. The van der Waals surface area contributed by atoms with E-state index in [1.165, 1.54) is 0 Å². The summed E-state index contributed by atoms with van der Waals surface area (Å²) in [4.78, 5) is 24.1. The van der Waals surface area contributed by atoms with Crippen LogP contribution in [-0.2, 0) is 22.7 Å². The maximum atomic E-state index is 12.2. The molecule has 0 spiro atoms. The molecule has 0 saturated heterocycles. The van der Waals surface area contributed by atoms with Gasteiger partial charge in [0.05, 0.1) is 0 Å². The summed E-state index contributed by atoms with van der Waals surface area (Å²) in [6.45, 7) is 2.43. The van der Waals surface area contributed by atoms with Gasteiger partial charge >= 0.3 is 5.97 Å². The number of unbranched alkanes of at least 4 members (excludes halogenated alkanes) is 1. The van der Waals surface area contributed by atoms with Crippen LogP contribution in [-0.4, -0.2) is 38.6 Å². The smallest absolute Gasteiger partial charge is 0.325 e. The molecule has 0 radical (unpaired) electrons. The summed E-state index contributed by atoms with van der Waals surface area (Å²) in [5, 5.41) is 13.8. The van der Waals surface area contributed by atoms with Crippen molar-refractivity contribution in [3.05, 3.63) is 66.0 Å². The monoisotopic (exact) mass is 409 g/mol. The van der Waals surface area contributed by atoms with Crippen molar-refractivity contribution in [2.75, 3.05) is 6.54 Å². The van der Waals surface area contributed by atoms with Gasteiger partial charge in [-0.25, -0.2) is 4.68 Å². The average Bonchev–Trinajstić information content (AvgIpc) is 3.23. The van der Waals surface area contributed by atoms with Crippen LogP contribution in [0.15, 0.2) is 54.6 Å². The molecule has 0 aliphatic heterocycles. The minimum Gasteiger partial charge on any atom is -0.457 e. The Balaban J connectivity index is 1.43. The Kier molecular flexibility index (Phi) is 7.48. The molecule has 1 heterocycles. The largest absolute Gasteiger partial charge is 0.457 e. The fraction of sp³-hybridized carbons (Fsp3) is 0.286. The van der Waals surface area contributed by atoms with Gasteiger partial charge in [-0.2, -0.15) is 0 Å². The van der Waals surface area contributed by atoms with Gasteiger partial charge in [0.25, 0.3) is 5.91 Å². The van der Waals surface area contributed by atoms with E-state index in [-0.39, 0.29) is 19.1 Å². The highest BCUT2D eigenvalue weighted by Gasteiger charge is 2.12. The molecule has 9 nitrogen and oxygen atoms in total. The number of aromatic nitrogens is 4. The lowest BCUT2D eigenvalue weighted by Gasteiger charge is -2.08. The molecular weight excluding hydrogens is 386 g/mol. The molecule has 0 fully saturated rings. The lowest BCUT2D eigenvalue weighted by atomic mass is 10.2. The van der Waals surface area contributed by atoms with Crippen LogP contribution >= 0.6 is 0 Å². The van der Waals surface area contributed by atoms with E-state index < -0.39 is 5.97 Å². The summed E-state index contributed by atoms with van der Waals surface area (Å²) in [5.74, 6) is 0.830. The quantitative estimate of drug-likeness (QED) is 0.513. The van der Waals surface area contributed by atoms with Gasteiger partial charge in [0.15, 0.2) is 12.4 Å². The zero-order valence-corrected chi connectivity index (χ0v) is 16.7. The van der Waals surface area contributed by atoms with Gasteiger partial charge in [0.1, 0.15) is 18.0 Å². The summed E-state index contributed by atoms with van der Waals surface area (Å²) in [5.41, 5.74) is 0.409. The normalized spacial score (nSPS) is 10.4. The van der Waals surface area contributed by atoms with E-state index in [0.717, 1.165) is 12.8 Å². The van der Waals surface area contributed by atoms with Gasteiger partial charge in [-0.1, -0.05) is 31.5 Å². The average molecular weight is 409 g/mol. The molecule has 2 aromatic carbocycles. The molecule has 1 N–H and O–H groups in total. The van der Waals surface area contributed by atoms with Crippen molar-refractivity contribution in [3.63, 3.8) is 0 Å². The van der Waals surface area contributed by atoms with Crippen molar-refractivity contribution in [1.82, 2.24) is 25.5 Å². The highest BCUT2D eigenvalue weighted by atomic mass is 16.5. The van der Waals surface area contributed by atoms with Gasteiger partial charge in [0, 0.05) is 12.1 Å². The first kappa shape index (κ1) is 21.0. The van der Waals surface area contributed by atoms with Gasteiger partial charge in [-0.3, -0.25) is 9.59 Å². The first-order valence-electron chi connectivity index (χ1n) is 9.67. The number of tetrazole rings is 1. The van der Waals surface area contributed by atoms with Crippen LogP contribution < -0.4 is 10.1 Å². The second kappa shape index (κ2) is 10.7. The molecule has 3 aromatic rings. The Morgan fingerprint density at radius 3 is 2.50 bits per heavy atom. The fourth-order valence-corrected chi connectivity index (χ4v) is 2.56. The van der Waals surface area contributed by atoms with Gasteiger partial charge in [0.2, 0.25) is 0 Å². The van der Waals surface area contributed by atoms with E-state index in [0.29, 0.717) is 29.4 Å². The number of nitrogens with zero attached hydrogens (tertiary/aromatic N) is 4. The second-order valence-electron chi connectivity index (χ2n) is 6.45.